The van der Waals surface area contributed by atoms with E-state index in [0.717, 1.165) is 28.2 Å². The van der Waals surface area contributed by atoms with E-state index in [-0.39, 0.29) is 0 Å². The molecule has 0 spiro atoms. The lowest BCUT2D eigenvalue weighted by Crippen LogP contribution is -2.00. The maximum Gasteiger partial charge on any atom is 0.227 e. The quantitative estimate of drug-likeness (QED) is 0.280. The molecule has 6 heterocycles. The Morgan fingerprint density at radius 3 is 1.26 bits per heavy atom. The van der Waals surface area contributed by atoms with Gasteiger partial charge in [-0.15, -0.1) is 0 Å². The van der Waals surface area contributed by atoms with Gasteiger partial charge in [-0.3, -0.25) is 9.97 Å². The molecule has 0 saturated heterocycles. The monoisotopic (exact) mass is 498 g/mol. The van der Waals surface area contributed by atoms with Crippen molar-refractivity contribution in [3.63, 3.8) is 0 Å². The molecule has 0 aromatic carbocycles. The Hall–Kier alpha value is -5.24. The molecule has 0 radical (unpaired) electrons. The van der Waals surface area contributed by atoms with Crippen LogP contribution in [-0.4, -0.2) is 44.1 Å². The van der Waals surface area contributed by atoms with Gasteiger partial charge < -0.3 is 9.47 Å². The minimum absolute atomic E-state index is 0.397. The van der Waals surface area contributed by atoms with Crippen molar-refractivity contribution < 1.29 is 9.47 Å². The van der Waals surface area contributed by atoms with Crippen molar-refractivity contribution in [2.45, 2.75) is 0 Å². The minimum atomic E-state index is 0.397. The van der Waals surface area contributed by atoms with Gasteiger partial charge in [0.1, 0.15) is 5.39 Å². The van der Waals surface area contributed by atoms with Crippen LogP contribution < -0.4 is 9.47 Å². The first-order valence-corrected chi connectivity index (χ1v) is 11.9. The average molecular weight is 499 g/mol. The number of methoxy groups -OCH3 is 2. The van der Waals surface area contributed by atoms with E-state index in [4.69, 9.17) is 29.4 Å². The molecule has 0 atom stereocenters. The molecule has 0 aliphatic heterocycles. The lowest BCUT2D eigenvalue weighted by Gasteiger charge is -2.13. The van der Waals surface area contributed by atoms with Crippen LogP contribution in [0.2, 0.25) is 0 Å². The molecule has 8 nitrogen and oxygen atoms in total. The van der Waals surface area contributed by atoms with Crippen molar-refractivity contribution in [1.29, 1.82) is 0 Å². The topological polar surface area (TPSA) is 95.8 Å². The average Bonchev–Trinajstić information content (AvgIpc) is 3.01. The van der Waals surface area contributed by atoms with E-state index in [1.54, 1.807) is 26.6 Å². The van der Waals surface area contributed by atoms with Crippen LogP contribution in [0.15, 0.2) is 97.3 Å². The third-order valence-corrected chi connectivity index (χ3v) is 6.01. The molecule has 6 rings (SSSR count). The molecule has 184 valence electrons. The molecule has 0 amide bonds. The van der Waals surface area contributed by atoms with Crippen LogP contribution in [0.5, 0.6) is 11.8 Å². The molecule has 0 unspecified atom stereocenters. The number of nitrogens with zero attached hydrogens (tertiary/aromatic N) is 6. The van der Waals surface area contributed by atoms with Crippen LogP contribution in [0, 0.1) is 0 Å². The van der Waals surface area contributed by atoms with Crippen molar-refractivity contribution in [2.75, 3.05) is 14.2 Å². The molecule has 0 aliphatic carbocycles. The minimum Gasteiger partial charge on any atom is -0.480 e. The van der Waals surface area contributed by atoms with Crippen LogP contribution in [0.25, 0.3) is 56.3 Å². The van der Waals surface area contributed by atoms with Crippen LogP contribution in [0.3, 0.4) is 0 Å². The molecule has 38 heavy (non-hydrogen) atoms. The van der Waals surface area contributed by atoms with Crippen molar-refractivity contribution in [3.8, 4) is 57.3 Å². The summed E-state index contributed by atoms with van der Waals surface area (Å²) in [6.45, 7) is 0. The van der Waals surface area contributed by atoms with Gasteiger partial charge in [0.05, 0.1) is 59.8 Å². The standard InChI is InChI=1S/C30H22N6O2/c1-37-29-28-19(17-26(35-29)24-13-7-11-22(33-24)20-9-3-5-15-31-20)18-27(36-30(28)38-2)25-14-8-12-23(34-25)21-10-4-6-16-32-21/h3-18H,1-2H3. The Balaban J connectivity index is 1.50. The maximum absolute atomic E-state index is 5.67. The van der Waals surface area contributed by atoms with Crippen molar-refractivity contribution in [3.05, 3.63) is 97.3 Å². The van der Waals surface area contributed by atoms with Crippen LogP contribution in [0.1, 0.15) is 0 Å². The number of pyridine rings is 6. The molecule has 0 bridgehead atoms. The molecule has 0 aliphatic rings. The highest BCUT2D eigenvalue weighted by molar-refractivity contribution is 5.95. The van der Waals surface area contributed by atoms with Crippen molar-refractivity contribution in [2.24, 2.45) is 0 Å². The fourth-order valence-electron chi connectivity index (χ4n) is 4.24. The summed E-state index contributed by atoms with van der Waals surface area (Å²) in [5.74, 6) is 0.794. The van der Waals surface area contributed by atoms with Gasteiger partial charge in [-0.2, -0.15) is 0 Å². The van der Waals surface area contributed by atoms with Gasteiger partial charge in [-0.25, -0.2) is 19.9 Å². The second-order valence-corrected chi connectivity index (χ2v) is 8.38. The second-order valence-electron chi connectivity index (χ2n) is 8.38. The first-order valence-electron chi connectivity index (χ1n) is 11.9. The molecule has 6 aromatic rings. The highest BCUT2D eigenvalue weighted by Gasteiger charge is 2.18. The fourth-order valence-corrected chi connectivity index (χ4v) is 4.24. The summed E-state index contributed by atoms with van der Waals surface area (Å²) in [7, 11) is 3.16. The molecule has 0 N–H and O–H groups in total. The van der Waals surface area contributed by atoms with Crippen molar-refractivity contribution in [1.82, 2.24) is 29.9 Å². The summed E-state index contributed by atoms with van der Waals surface area (Å²) in [5, 5.41) is 1.51. The molecule has 8 heteroatoms. The zero-order chi connectivity index (χ0) is 25.9. The van der Waals surface area contributed by atoms with E-state index in [0.29, 0.717) is 39.9 Å². The fraction of sp³-hybridized carbons (Fsp3) is 0.0667. The Labute approximate surface area is 219 Å². The smallest absolute Gasteiger partial charge is 0.227 e. The Morgan fingerprint density at radius 1 is 0.447 bits per heavy atom. The summed E-state index contributed by atoms with van der Waals surface area (Å²) in [4.78, 5) is 28.0. The lowest BCUT2D eigenvalue weighted by molar-refractivity contribution is 0.388. The van der Waals surface area contributed by atoms with E-state index in [9.17, 15) is 0 Å². The molecule has 0 fully saturated rings. The predicted octanol–water partition coefficient (Wildman–Crippen LogP) is 5.90. The van der Waals surface area contributed by atoms with Gasteiger partial charge in [-0.1, -0.05) is 24.3 Å². The predicted molar refractivity (Wildman–Crippen MR) is 146 cm³/mol. The zero-order valence-corrected chi connectivity index (χ0v) is 20.7. The highest BCUT2D eigenvalue weighted by Crippen LogP contribution is 2.37. The third kappa shape index (κ3) is 4.39. The number of hydrogen-bond donors (Lipinski definition) is 0. The summed E-state index contributed by atoms with van der Waals surface area (Å²) in [5.41, 5.74) is 5.79. The lowest BCUT2D eigenvalue weighted by atomic mass is 10.1. The SMILES string of the molecule is COc1nc(-c2cccc(-c3ccccn3)n2)cc2cc(-c3cccc(-c4ccccn4)n3)nc(OC)c12. The van der Waals surface area contributed by atoms with Gasteiger partial charge in [-0.05, 0) is 66.0 Å². The molecular weight excluding hydrogens is 476 g/mol. The summed E-state index contributed by atoms with van der Waals surface area (Å²) in [6, 6.07) is 27.0. The van der Waals surface area contributed by atoms with Gasteiger partial charge in [0.15, 0.2) is 0 Å². The number of hydrogen-bond acceptors (Lipinski definition) is 8. The maximum atomic E-state index is 5.67. The van der Waals surface area contributed by atoms with Crippen LogP contribution in [-0.2, 0) is 0 Å². The summed E-state index contributed by atoms with van der Waals surface area (Å²) >= 11 is 0. The Bertz CT molecular complexity index is 1620. The normalized spacial score (nSPS) is 10.9. The van der Waals surface area contributed by atoms with E-state index in [2.05, 4.69) is 9.97 Å². The largest absolute Gasteiger partial charge is 0.480 e. The first kappa shape index (κ1) is 23.2. The van der Waals surface area contributed by atoms with E-state index >= 15 is 0 Å². The number of ether oxygens (including phenoxy) is 2. The van der Waals surface area contributed by atoms with E-state index in [1.807, 2.05) is 84.9 Å². The van der Waals surface area contributed by atoms with Crippen LogP contribution in [0.4, 0.5) is 0 Å². The second kappa shape index (κ2) is 10.0. The van der Waals surface area contributed by atoms with Gasteiger partial charge >= 0.3 is 0 Å². The molecular formula is C30H22N6O2. The first-order chi connectivity index (χ1) is 18.7. The van der Waals surface area contributed by atoms with Gasteiger partial charge in [0.25, 0.3) is 0 Å². The van der Waals surface area contributed by atoms with E-state index < -0.39 is 0 Å². The zero-order valence-electron chi connectivity index (χ0n) is 20.7. The number of rotatable bonds is 6. The van der Waals surface area contributed by atoms with E-state index in [1.165, 1.54) is 0 Å². The Morgan fingerprint density at radius 2 is 0.868 bits per heavy atom. The third-order valence-electron chi connectivity index (χ3n) is 6.01. The number of fused-ring (bicyclic) bond motifs is 1. The molecule has 6 aromatic heterocycles. The summed E-state index contributed by atoms with van der Waals surface area (Å²) in [6.07, 6.45) is 3.50. The van der Waals surface area contributed by atoms with Gasteiger partial charge in [0, 0.05) is 12.4 Å². The molecule has 0 saturated carbocycles. The van der Waals surface area contributed by atoms with Crippen molar-refractivity contribution >= 4 is 10.8 Å². The van der Waals surface area contributed by atoms with Gasteiger partial charge in [0.2, 0.25) is 11.8 Å². The number of aromatic nitrogens is 6. The van der Waals surface area contributed by atoms with Crippen LogP contribution >= 0.6 is 0 Å². The Kier molecular flexibility index (Phi) is 6.11. The highest BCUT2D eigenvalue weighted by atomic mass is 16.5. The summed E-state index contributed by atoms with van der Waals surface area (Å²) < 4.78 is 11.3.